The largest absolute Gasteiger partial charge is 0.379 e. The van der Waals surface area contributed by atoms with Gasteiger partial charge < -0.3 is 15.0 Å². The first kappa shape index (κ1) is 19.5. The molecule has 1 aromatic rings. The minimum absolute atomic E-state index is 0.0597. The molecule has 5 nitrogen and oxygen atoms in total. The summed E-state index contributed by atoms with van der Waals surface area (Å²) >= 11 is 6.00. The van der Waals surface area contributed by atoms with Crippen molar-refractivity contribution in [1.82, 2.24) is 15.1 Å². The van der Waals surface area contributed by atoms with Crippen LogP contribution in [-0.4, -0.2) is 67.8 Å². The first-order chi connectivity index (χ1) is 12.6. The summed E-state index contributed by atoms with van der Waals surface area (Å²) in [5, 5.41) is 3.79. The predicted octanol–water partition coefficient (Wildman–Crippen LogP) is 3.02. The van der Waals surface area contributed by atoms with Crippen molar-refractivity contribution in [1.29, 1.82) is 0 Å². The number of morpholine rings is 1. The first-order valence-electron chi connectivity index (χ1n) is 9.72. The summed E-state index contributed by atoms with van der Waals surface area (Å²) in [6.45, 7) is 8.43. The second-order valence-electron chi connectivity index (χ2n) is 7.33. The number of piperidine rings is 1. The van der Waals surface area contributed by atoms with Crippen LogP contribution in [0.1, 0.15) is 25.3 Å². The number of nitrogens with one attached hydrogen (secondary N) is 1. The van der Waals surface area contributed by atoms with Gasteiger partial charge in [0, 0.05) is 43.8 Å². The zero-order valence-corrected chi connectivity index (χ0v) is 16.4. The van der Waals surface area contributed by atoms with Crippen molar-refractivity contribution in [2.45, 2.75) is 32.2 Å². The molecule has 0 unspecified atom stereocenters. The lowest BCUT2D eigenvalue weighted by molar-refractivity contribution is 0.000258. The van der Waals surface area contributed by atoms with E-state index in [0.29, 0.717) is 18.5 Å². The van der Waals surface area contributed by atoms with Crippen molar-refractivity contribution in [3.05, 3.63) is 34.9 Å². The molecule has 6 heteroatoms. The van der Waals surface area contributed by atoms with E-state index in [-0.39, 0.29) is 6.03 Å². The van der Waals surface area contributed by atoms with E-state index in [0.717, 1.165) is 69.2 Å². The Kier molecular flexibility index (Phi) is 7.17. The van der Waals surface area contributed by atoms with Crippen molar-refractivity contribution in [2.24, 2.45) is 5.92 Å². The van der Waals surface area contributed by atoms with Gasteiger partial charge in [-0.15, -0.1) is 0 Å². The maximum absolute atomic E-state index is 12.4. The summed E-state index contributed by atoms with van der Waals surface area (Å²) in [4.78, 5) is 16.9. The molecule has 2 saturated heterocycles. The molecule has 0 aliphatic carbocycles. The highest BCUT2D eigenvalue weighted by Gasteiger charge is 2.29. The lowest BCUT2D eigenvalue weighted by Gasteiger charge is -2.41. The van der Waals surface area contributed by atoms with Crippen LogP contribution in [0.25, 0.3) is 0 Å². The highest BCUT2D eigenvalue weighted by Crippen LogP contribution is 2.24. The number of hydrogen-bond donors (Lipinski definition) is 1. The zero-order chi connectivity index (χ0) is 18.4. The van der Waals surface area contributed by atoms with Crippen molar-refractivity contribution in [2.75, 3.05) is 45.9 Å². The smallest absolute Gasteiger partial charge is 0.317 e. The van der Waals surface area contributed by atoms with Crippen LogP contribution in [0, 0.1) is 5.92 Å². The Morgan fingerprint density at radius 1 is 1.27 bits per heavy atom. The molecule has 1 aromatic carbocycles. The molecule has 0 bridgehead atoms. The van der Waals surface area contributed by atoms with Gasteiger partial charge in [0.25, 0.3) is 0 Å². The molecule has 2 heterocycles. The Morgan fingerprint density at radius 3 is 2.69 bits per heavy atom. The molecule has 1 atom stereocenters. The van der Waals surface area contributed by atoms with Gasteiger partial charge in [0.1, 0.15) is 0 Å². The number of hydrogen-bond acceptors (Lipinski definition) is 3. The van der Waals surface area contributed by atoms with E-state index < -0.39 is 0 Å². The second-order valence-corrected chi connectivity index (χ2v) is 7.76. The number of ether oxygens (including phenoxy) is 1. The standard InChI is InChI=1S/C20H30ClN3O2/c1-16(23-11-13-26-14-12-23)18-6-9-24(10-7-18)20(25)22-8-5-17-3-2-4-19(21)15-17/h2-4,15-16,18H,5-14H2,1H3,(H,22,25)/t16-/m1/s1. The summed E-state index contributed by atoms with van der Waals surface area (Å²) in [6, 6.07) is 8.44. The van der Waals surface area contributed by atoms with Gasteiger partial charge >= 0.3 is 6.03 Å². The van der Waals surface area contributed by atoms with Gasteiger partial charge in [0.15, 0.2) is 0 Å². The van der Waals surface area contributed by atoms with Crippen molar-refractivity contribution >= 4 is 17.6 Å². The van der Waals surface area contributed by atoms with E-state index in [2.05, 4.69) is 17.1 Å². The minimum Gasteiger partial charge on any atom is -0.379 e. The molecule has 0 radical (unpaired) electrons. The molecule has 0 spiro atoms. The number of carbonyl (C=O) groups is 1. The van der Waals surface area contributed by atoms with E-state index in [9.17, 15) is 4.79 Å². The van der Waals surface area contributed by atoms with Crippen LogP contribution in [0.2, 0.25) is 5.02 Å². The molecular weight excluding hydrogens is 350 g/mol. The van der Waals surface area contributed by atoms with Crippen LogP contribution < -0.4 is 5.32 Å². The summed E-state index contributed by atoms with van der Waals surface area (Å²) in [5.74, 6) is 0.670. The molecule has 2 fully saturated rings. The molecule has 2 aliphatic rings. The molecule has 0 aromatic heterocycles. The number of amides is 2. The Morgan fingerprint density at radius 2 is 2.00 bits per heavy atom. The molecule has 3 rings (SSSR count). The summed E-state index contributed by atoms with van der Waals surface area (Å²) < 4.78 is 5.45. The van der Waals surface area contributed by atoms with Gasteiger partial charge in [0.05, 0.1) is 13.2 Å². The van der Waals surface area contributed by atoms with Gasteiger partial charge in [-0.1, -0.05) is 23.7 Å². The summed E-state index contributed by atoms with van der Waals surface area (Å²) in [5.41, 5.74) is 1.15. The van der Waals surface area contributed by atoms with Crippen LogP contribution in [-0.2, 0) is 11.2 Å². The molecule has 2 aliphatic heterocycles. The van der Waals surface area contributed by atoms with E-state index in [1.807, 2.05) is 29.2 Å². The van der Waals surface area contributed by atoms with Crippen LogP contribution in [0.15, 0.2) is 24.3 Å². The van der Waals surface area contributed by atoms with Crippen LogP contribution in [0.4, 0.5) is 4.79 Å². The van der Waals surface area contributed by atoms with E-state index in [1.54, 1.807) is 0 Å². The number of carbonyl (C=O) groups excluding carboxylic acids is 1. The van der Waals surface area contributed by atoms with Gasteiger partial charge in [-0.25, -0.2) is 4.79 Å². The highest BCUT2D eigenvalue weighted by atomic mass is 35.5. The summed E-state index contributed by atoms with van der Waals surface area (Å²) in [6.07, 6.45) is 2.97. The monoisotopic (exact) mass is 379 g/mol. The lowest BCUT2D eigenvalue weighted by Crippen LogP contribution is -2.50. The number of nitrogens with zero attached hydrogens (tertiary/aromatic N) is 2. The minimum atomic E-state index is 0.0597. The van der Waals surface area contributed by atoms with Crippen LogP contribution >= 0.6 is 11.6 Å². The average molecular weight is 380 g/mol. The molecule has 2 amide bonds. The van der Waals surface area contributed by atoms with Gasteiger partial charge in [-0.2, -0.15) is 0 Å². The number of rotatable bonds is 5. The quantitative estimate of drug-likeness (QED) is 0.855. The Labute approximate surface area is 161 Å². The number of likely N-dealkylation sites (tertiary alicyclic amines) is 1. The average Bonchev–Trinajstić information content (AvgIpc) is 2.68. The predicted molar refractivity (Wildman–Crippen MR) is 105 cm³/mol. The normalized spacial score (nSPS) is 20.8. The number of halogens is 1. The fourth-order valence-electron chi connectivity index (χ4n) is 3.99. The second kappa shape index (κ2) is 9.58. The number of benzene rings is 1. The third-order valence-corrected chi connectivity index (χ3v) is 5.94. The number of urea groups is 1. The summed E-state index contributed by atoms with van der Waals surface area (Å²) in [7, 11) is 0. The van der Waals surface area contributed by atoms with Crippen molar-refractivity contribution in [3.8, 4) is 0 Å². The Balaban J connectivity index is 1.37. The fraction of sp³-hybridized carbons (Fsp3) is 0.650. The third kappa shape index (κ3) is 5.35. The molecule has 144 valence electrons. The van der Waals surface area contributed by atoms with E-state index in [4.69, 9.17) is 16.3 Å². The van der Waals surface area contributed by atoms with Crippen LogP contribution in [0.3, 0.4) is 0 Å². The van der Waals surface area contributed by atoms with Crippen molar-refractivity contribution < 1.29 is 9.53 Å². The van der Waals surface area contributed by atoms with E-state index in [1.165, 1.54) is 0 Å². The first-order valence-corrected chi connectivity index (χ1v) is 10.1. The maximum Gasteiger partial charge on any atom is 0.317 e. The topological polar surface area (TPSA) is 44.8 Å². The third-order valence-electron chi connectivity index (χ3n) is 5.71. The van der Waals surface area contributed by atoms with Gasteiger partial charge in [-0.05, 0) is 49.8 Å². The molecule has 0 saturated carbocycles. The molecule has 26 heavy (non-hydrogen) atoms. The van der Waals surface area contributed by atoms with E-state index >= 15 is 0 Å². The van der Waals surface area contributed by atoms with Gasteiger partial charge in [-0.3, -0.25) is 4.90 Å². The lowest BCUT2D eigenvalue weighted by atomic mass is 9.89. The zero-order valence-electron chi connectivity index (χ0n) is 15.6. The van der Waals surface area contributed by atoms with Gasteiger partial charge in [0.2, 0.25) is 0 Å². The Bertz CT molecular complexity index is 584. The fourth-order valence-corrected chi connectivity index (χ4v) is 4.20. The molecular formula is C20H30ClN3O2. The maximum atomic E-state index is 12.4. The highest BCUT2D eigenvalue weighted by molar-refractivity contribution is 6.30. The SMILES string of the molecule is C[C@H](C1CCN(C(=O)NCCc2cccc(Cl)c2)CC1)N1CCOCC1. The molecule has 1 N–H and O–H groups in total. The Hall–Kier alpha value is -1.30. The van der Waals surface area contributed by atoms with Crippen LogP contribution in [0.5, 0.6) is 0 Å². The van der Waals surface area contributed by atoms with Crippen molar-refractivity contribution in [3.63, 3.8) is 0 Å².